The van der Waals surface area contributed by atoms with Crippen molar-refractivity contribution in [3.63, 3.8) is 0 Å². The topological polar surface area (TPSA) is 26.3 Å². The average Bonchev–Trinajstić information content (AvgIpc) is 2.02. The molecule has 1 aromatic carbocycles. The smallest absolute Gasteiger partial charge is 0.302 e. The Morgan fingerprint density at radius 2 is 2.31 bits per heavy atom. The molecule has 0 fully saturated rings. The van der Waals surface area contributed by atoms with Crippen molar-refractivity contribution in [2.45, 2.75) is 13.5 Å². The van der Waals surface area contributed by atoms with Crippen molar-refractivity contribution in [2.75, 3.05) is 0 Å². The third-order valence-electron chi connectivity index (χ3n) is 1.45. The van der Waals surface area contributed by atoms with E-state index in [2.05, 4.69) is 15.9 Å². The van der Waals surface area contributed by atoms with Gasteiger partial charge in [-0.3, -0.25) is 4.79 Å². The number of hydrogen-bond donors (Lipinski definition) is 0. The van der Waals surface area contributed by atoms with E-state index in [1.165, 1.54) is 19.1 Å². The summed E-state index contributed by atoms with van der Waals surface area (Å²) in [4.78, 5) is 10.5. The molecule has 13 heavy (non-hydrogen) atoms. The zero-order valence-electron chi connectivity index (χ0n) is 7.01. The molecule has 4 heteroatoms. The highest BCUT2D eigenvalue weighted by Crippen LogP contribution is 2.18. The summed E-state index contributed by atoms with van der Waals surface area (Å²) in [6.45, 7) is 1.49. The van der Waals surface area contributed by atoms with Crippen LogP contribution in [0.4, 0.5) is 4.39 Å². The second-order valence-corrected chi connectivity index (χ2v) is 3.37. The number of ether oxygens (including phenoxy) is 1. The largest absolute Gasteiger partial charge is 0.461 e. The first-order valence-corrected chi connectivity index (χ1v) is 4.46. The van der Waals surface area contributed by atoms with Gasteiger partial charge in [0.25, 0.3) is 0 Å². The van der Waals surface area contributed by atoms with Crippen LogP contribution >= 0.6 is 15.9 Å². The molecule has 0 radical (unpaired) electrons. The molecule has 0 atom stereocenters. The number of esters is 1. The fourth-order valence-electron chi connectivity index (χ4n) is 0.818. The summed E-state index contributed by atoms with van der Waals surface area (Å²) >= 11 is 3.17. The van der Waals surface area contributed by atoms with E-state index in [9.17, 15) is 9.18 Å². The molecule has 0 bridgehead atoms. The van der Waals surface area contributed by atoms with Crippen LogP contribution in [0.1, 0.15) is 12.5 Å². The fourth-order valence-corrected chi connectivity index (χ4v) is 1.28. The fraction of sp³-hybridized carbons (Fsp3) is 0.222. The molecule has 0 N–H and O–H groups in total. The summed E-state index contributed by atoms with van der Waals surface area (Å²) in [5, 5.41) is 0. The van der Waals surface area contributed by atoms with Crippen LogP contribution in [0.2, 0.25) is 0 Å². The molecule has 0 aliphatic rings. The van der Waals surface area contributed by atoms with Crippen molar-refractivity contribution in [1.82, 2.24) is 0 Å². The van der Waals surface area contributed by atoms with Gasteiger partial charge in [-0.25, -0.2) is 4.39 Å². The van der Waals surface area contributed by atoms with E-state index in [1.54, 1.807) is 6.07 Å². The number of carbonyl (C=O) groups is 1. The molecule has 0 saturated carbocycles. The van der Waals surface area contributed by atoms with Gasteiger partial charge in [-0.2, -0.15) is 0 Å². The molecule has 1 rings (SSSR count). The Bertz CT molecular complexity index is 325. The third-order valence-corrected chi connectivity index (χ3v) is 2.18. The van der Waals surface area contributed by atoms with Gasteiger partial charge in [-0.05, 0) is 12.1 Å². The summed E-state index contributed by atoms with van der Waals surface area (Å²) in [6, 6.07) is 4.23. The van der Waals surface area contributed by atoms with Crippen LogP contribution in [-0.4, -0.2) is 5.97 Å². The first kappa shape index (κ1) is 10.2. The molecule has 0 spiro atoms. The Balaban J connectivity index is 2.72. The quantitative estimate of drug-likeness (QED) is 0.751. The van der Waals surface area contributed by atoms with Crippen molar-refractivity contribution < 1.29 is 13.9 Å². The van der Waals surface area contributed by atoms with Gasteiger partial charge in [0.15, 0.2) is 0 Å². The second kappa shape index (κ2) is 4.37. The van der Waals surface area contributed by atoms with Gasteiger partial charge in [0.1, 0.15) is 12.4 Å². The molecule has 0 saturated heterocycles. The van der Waals surface area contributed by atoms with E-state index in [-0.39, 0.29) is 18.4 Å². The van der Waals surface area contributed by atoms with Crippen molar-refractivity contribution in [3.8, 4) is 0 Å². The van der Waals surface area contributed by atoms with Gasteiger partial charge in [0, 0.05) is 17.0 Å². The van der Waals surface area contributed by atoms with Crippen LogP contribution in [0.5, 0.6) is 0 Å². The van der Waals surface area contributed by atoms with Crippen molar-refractivity contribution in [1.29, 1.82) is 0 Å². The van der Waals surface area contributed by atoms with Gasteiger partial charge in [0.05, 0.1) is 0 Å². The van der Waals surface area contributed by atoms with Gasteiger partial charge in [-0.1, -0.05) is 22.0 Å². The highest BCUT2D eigenvalue weighted by Gasteiger charge is 2.02. The van der Waals surface area contributed by atoms with Crippen LogP contribution in [0, 0.1) is 5.82 Å². The van der Waals surface area contributed by atoms with E-state index in [0.29, 0.717) is 4.47 Å². The molecule has 1 aromatic rings. The Labute approximate surface area is 83.8 Å². The molecular weight excluding hydrogens is 239 g/mol. The molecule has 0 aliphatic carbocycles. The maximum absolute atomic E-state index is 12.6. The lowest BCUT2D eigenvalue weighted by atomic mass is 10.2. The van der Waals surface area contributed by atoms with Crippen LogP contribution in [0.3, 0.4) is 0 Å². The number of halogens is 2. The summed E-state index contributed by atoms with van der Waals surface area (Å²) in [6.07, 6.45) is 0. The number of benzene rings is 1. The standard InChI is InChI=1S/C9H8BrFO2/c1-6(12)13-5-7-2-3-8(11)4-9(7)10/h2-4H,5H2,1H3. The van der Waals surface area contributed by atoms with E-state index in [0.717, 1.165) is 5.56 Å². The minimum Gasteiger partial charge on any atom is -0.461 e. The number of rotatable bonds is 2. The van der Waals surface area contributed by atoms with Gasteiger partial charge >= 0.3 is 5.97 Å². The lowest BCUT2D eigenvalue weighted by molar-refractivity contribution is -0.142. The predicted molar refractivity (Wildman–Crippen MR) is 49.6 cm³/mol. The Kier molecular flexibility index (Phi) is 3.42. The zero-order valence-corrected chi connectivity index (χ0v) is 8.60. The molecule has 2 nitrogen and oxygen atoms in total. The van der Waals surface area contributed by atoms with E-state index in [1.807, 2.05) is 0 Å². The Morgan fingerprint density at radius 1 is 1.62 bits per heavy atom. The molecule has 0 aromatic heterocycles. The lowest BCUT2D eigenvalue weighted by Gasteiger charge is -2.04. The van der Waals surface area contributed by atoms with Crippen LogP contribution in [0.25, 0.3) is 0 Å². The highest BCUT2D eigenvalue weighted by molar-refractivity contribution is 9.10. The predicted octanol–water partition coefficient (Wildman–Crippen LogP) is 2.65. The molecule has 0 amide bonds. The summed E-state index contributed by atoms with van der Waals surface area (Å²) in [7, 11) is 0. The van der Waals surface area contributed by atoms with Crippen molar-refractivity contribution in [2.24, 2.45) is 0 Å². The van der Waals surface area contributed by atoms with Gasteiger partial charge < -0.3 is 4.74 Å². The van der Waals surface area contributed by atoms with Crippen LogP contribution < -0.4 is 0 Å². The molecule has 0 aliphatic heterocycles. The van der Waals surface area contributed by atoms with Gasteiger partial charge in [-0.15, -0.1) is 0 Å². The number of hydrogen-bond acceptors (Lipinski definition) is 2. The Hall–Kier alpha value is -0.900. The van der Waals surface area contributed by atoms with Gasteiger partial charge in [0.2, 0.25) is 0 Å². The highest BCUT2D eigenvalue weighted by atomic mass is 79.9. The first-order valence-electron chi connectivity index (χ1n) is 3.67. The number of carbonyl (C=O) groups excluding carboxylic acids is 1. The van der Waals surface area contributed by atoms with E-state index in [4.69, 9.17) is 4.74 Å². The van der Waals surface area contributed by atoms with E-state index >= 15 is 0 Å². The minimum absolute atomic E-state index is 0.163. The van der Waals surface area contributed by atoms with E-state index < -0.39 is 0 Å². The van der Waals surface area contributed by atoms with Crippen molar-refractivity contribution in [3.05, 3.63) is 34.1 Å². The summed E-state index contributed by atoms with van der Waals surface area (Å²) in [5.74, 6) is -0.672. The summed E-state index contributed by atoms with van der Waals surface area (Å²) in [5.41, 5.74) is 0.747. The van der Waals surface area contributed by atoms with Crippen molar-refractivity contribution >= 4 is 21.9 Å². The third kappa shape index (κ3) is 3.14. The second-order valence-electron chi connectivity index (χ2n) is 2.52. The summed E-state index contributed by atoms with van der Waals surface area (Å²) < 4.78 is 18.0. The normalized spacial score (nSPS) is 9.77. The van der Waals surface area contributed by atoms with Crippen LogP contribution in [-0.2, 0) is 16.1 Å². The molecular formula is C9H8BrFO2. The zero-order chi connectivity index (χ0) is 9.84. The lowest BCUT2D eigenvalue weighted by Crippen LogP contribution is -1.99. The first-order chi connectivity index (χ1) is 6.09. The minimum atomic E-state index is -0.351. The molecule has 70 valence electrons. The maximum Gasteiger partial charge on any atom is 0.302 e. The molecule has 0 unspecified atom stereocenters. The molecule has 0 heterocycles. The average molecular weight is 247 g/mol. The Morgan fingerprint density at radius 3 is 2.85 bits per heavy atom. The SMILES string of the molecule is CC(=O)OCc1ccc(F)cc1Br. The maximum atomic E-state index is 12.6. The monoisotopic (exact) mass is 246 g/mol. The van der Waals surface area contributed by atoms with Crippen LogP contribution in [0.15, 0.2) is 22.7 Å².